The molecular weight excluding hydrogens is 326 g/mol. The molecule has 1 saturated heterocycles. The lowest BCUT2D eigenvalue weighted by Gasteiger charge is -2.24. The number of carbonyl (C=O) groups is 2. The Morgan fingerprint density at radius 2 is 2.25 bits per heavy atom. The van der Waals surface area contributed by atoms with Gasteiger partial charge in [0.25, 0.3) is 0 Å². The van der Waals surface area contributed by atoms with Crippen molar-refractivity contribution in [2.75, 3.05) is 18.6 Å². The Morgan fingerprint density at radius 3 is 2.96 bits per heavy atom. The first-order chi connectivity index (χ1) is 11.6. The minimum atomic E-state index is -0.479. The summed E-state index contributed by atoms with van der Waals surface area (Å²) in [4.78, 5) is 35.8. The molecule has 0 aromatic carbocycles. The molecule has 2 aromatic heterocycles. The van der Waals surface area contributed by atoms with E-state index in [1.54, 1.807) is 6.07 Å². The number of anilines is 1. The number of esters is 1. The minimum absolute atomic E-state index is 0.0619. The lowest BCUT2D eigenvalue weighted by molar-refractivity contribution is 0.0593. The van der Waals surface area contributed by atoms with Crippen molar-refractivity contribution in [3.05, 3.63) is 39.8 Å². The highest BCUT2D eigenvalue weighted by Crippen LogP contribution is 2.27. The highest BCUT2D eigenvalue weighted by molar-refractivity contribution is 7.12. The van der Waals surface area contributed by atoms with E-state index in [0.717, 1.165) is 24.3 Å². The molecular formula is C17H19N3O3S. The maximum Gasteiger partial charge on any atom is 0.356 e. The maximum atomic E-state index is 12.4. The van der Waals surface area contributed by atoms with Gasteiger partial charge in [-0.3, -0.25) is 4.79 Å². The van der Waals surface area contributed by atoms with Crippen LogP contribution in [0.25, 0.3) is 0 Å². The van der Waals surface area contributed by atoms with Crippen LogP contribution in [0.15, 0.2) is 23.6 Å². The Labute approximate surface area is 144 Å². The molecule has 2 aromatic rings. The number of hydrogen-bond donors (Lipinski definition) is 0. The first-order valence-electron chi connectivity index (χ1n) is 7.86. The van der Waals surface area contributed by atoms with E-state index in [9.17, 15) is 9.59 Å². The van der Waals surface area contributed by atoms with Gasteiger partial charge in [0, 0.05) is 24.7 Å². The van der Waals surface area contributed by atoms with E-state index in [4.69, 9.17) is 4.74 Å². The molecule has 0 spiro atoms. The van der Waals surface area contributed by atoms with Gasteiger partial charge in [-0.2, -0.15) is 0 Å². The van der Waals surface area contributed by atoms with Crippen LogP contribution in [-0.2, 0) is 4.74 Å². The Balaban J connectivity index is 1.81. The zero-order chi connectivity index (χ0) is 17.1. The molecule has 0 N–H and O–H groups in total. The van der Waals surface area contributed by atoms with E-state index in [1.807, 2.05) is 29.3 Å². The van der Waals surface area contributed by atoms with Gasteiger partial charge >= 0.3 is 5.97 Å². The SMILES string of the molecule is COC(=O)c1cc(C)nc(N2CCC[C@@H]2CC(=O)c2cccs2)n1. The van der Waals surface area contributed by atoms with E-state index < -0.39 is 5.97 Å². The maximum absolute atomic E-state index is 12.4. The van der Waals surface area contributed by atoms with Crippen molar-refractivity contribution in [1.82, 2.24) is 9.97 Å². The summed E-state index contributed by atoms with van der Waals surface area (Å²) < 4.78 is 4.75. The Bertz CT molecular complexity index is 746. The number of ketones is 1. The van der Waals surface area contributed by atoms with Crippen LogP contribution in [0.2, 0.25) is 0 Å². The van der Waals surface area contributed by atoms with E-state index in [-0.39, 0.29) is 17.5 Å². The van der Waals surface area contributed by atoms with Gasteiger partial charge in [0.2, 0.25) is 5.95 Å². The number of hydrogen-bond acceptors (Lipinski definition) is 7. The van der Waals surface area contributed by atoms with Crippen LogP contribution in [0, 0.1) is 6.92 Å². The summed E-state index contributed by atoms with van der Waals surface area (Å²) in [5, 5.41) is 1.91. The van der Waals surface area contributed by atoms with Gasteiger partial charge in [-0.15, -0.1) is 11.3 Å². The third-order valence-corrected chi connectivity index (χ3v) is 5.00. The average molecular weight is 345 g/mol. The molecule has 1 atom stereocenters. The highest BCUT2D eigenvalue weighted by atomic mass is 32.1. The van der Waals surface area contributed by atoms with Gasteiger partial charge in [-0.1, -0.05) is 6.07 Å². The van der Waals surface area contributed by atoms with Gasteiger partial charge in [-0.05, 0) is 37.3 Å². The van der Waals surface area contributed by atoms with Crippen molar-refractivity contribution in [3.63, 3.8) is 0 Å². The number of aryl methyl sites for hydroxylation is 1. The number of thiophene rings is 1. The molecule has 3 rings (SSSR count). The summed E-state index contributed by atoms with van der Waals surface area (Å²) in [5.74, 6) is 0.159. The lowest BCUT2D eigenvalue weighted by Crippen LogP contribution is -2.33. The van der Waals surface area contributed by atoms with Crippen LogP contribution < -0.4 is 4.90 Å². The van der Waals surface area contributed by atoms with Crippen molar-refractivity contribution in [3.8, 4) is 0 Å². The normalized spacial score (nSPS) is 17.1. The van der Waals surface area contributed by atoms with Crippen LogP contribution in [-0.4, -0.2) is 41.4 Å². The van der Waals surface area contributed by atoms with Crippen molar-refractivity contribution in [1.29, 1.82) is 0 Å². The molecule has 0 amide bonds. The van der Waals surface area contributed by atoms with E-state index in [2.05, 4.69) is 9.97 Å². The quantitative estimate of drug-likeness (QED) is 0.613. The van der Waals surface area contributed by atoms with E-state index in [1.165, 1.54) is 18.4 Å². The number of Topliss-reactive ketones (excluding diaryl/α,β-unsaturated/α-hetero) is 1. The van der Waals surface area contributed by atoms with Crippen molar-refractivity contribution < 1.29 is 14.3 Å². The second kappa shape index (κ2) is 7.09. The van der Waals surface area contributed by atoms with Gasteiger partial charge in [0.05, 0.1) is 12.0 Å². The molecule has 1 fully saturated rings. The second-order valence-electron chi connectivity index (χ2n) is 5.78. The molecule has 7 heteroatoms. The third-order valence-electron chi connectivity index (χ3n) is 4.09. The topological polar surface area (TPSA) is 72.4 Å². The van der Waals surface area contributed by atoms with Crippen LogP contribution in [0.5, 0.6) is 0 Å². The third kappa shape index (κ3) is 3.46. The summed E-state index contributed by atoms with van der Waals surface area (Å²) in [6.07, 6.45) is 2.33. The summed E-state index contributed by atoms with van der Waals surface area (Å²) in [5.41, 5.74) is 0.950. The molecule has 126 valence electrons. The van der Waals surface area contributed by atoms with Crippen LogP contribution >= 0.6 is 11.3 Å². The molecule has 1 aliphatic rings. The average Bonchev–Trinajstić information content (AvgIpc) is 3.25. The number of aromatic nitrogens is 2. The molecule has 6 nitrogen and oxygen atoms in total. The number of carbonyl (C=O) groups excluding carboxylic acids is 2. The lowest BCUT2D eigenvalue weighted by atomic mass is 10.1. The van der Waals surface area contributed by atoms with E-state index >= 15 is 0 Å². The summed E-state index contributed by atoms with van der Waals surface area (Å²) in [7, 11) is 1.33. The Kier molecular flexibility index (Phi) is 4.89. The predicted molar refractivity (Wildman–Crippen MR) is 91.7 cm³/mol. The van der Waals surface area contributed by atoms with Crippen LogP contribution in [0.1, 0.15) is 45.1 Å². The molecule has 0 radical (unpaired) electrons. The Morgan fingerprint density at radius 1 is 1.42 bits per heavy atom. The summed E-state index contributed by atoms with van der Waals surface area (Å²) >= 11 is 1.46. The first kappa shape index (κ1) is 16.6. The summed E-state index contributed by atoms with van der Waals surface area (Å²) in [6, 6.07) is 5.41. The van der Waals surface area contributed by atoms with E-state index in [0.29, 0.717) is 18.1 Å². The fourth-order valence-corrected chi connectivity index (χ4v) is 3.63. The number of ether oxygens (including phenoxy) is 1. The first-order valence-corrected chi connectivity index (χ1v) is 8.74. The number of methoxy groups -OCH3 is 1. The van der Waals surface area contributed by atoms with Gasteiger partial charge in [0.15, 0.2) is 11.5 Å². The highest BCUT2D eigenvalue weighted by Gasteiger charge is 2.30. The fourth-order valence-electron chi connectivity index (χ4n) is 2.95. The van der Waals surface area contributed by atoms with Crippen LogP contribution in [0.3, 0.4) is 0 Å². The van der Waals surface area contributed by atoms with Gasteiger partial charge in [-0.25, -0.2) is 14.8 Å². The zero-order valence-electron chi connectivity index (χ0n) is 13.7. The fraction of sp³-hybridized carbons (Fsp3) is 0.412. The largest absolute Gasteiger partial charge is 0.464 e. The standard InChI is InChI=1S/C17H19N3O3S/c1-11-9-13(16(22)23-2)19-17(18-11)20-7-3-5-12(20)10-14(21)15-6-4-8-24-15/h4,6,8-9,12H,3,5,7,10H2,1-2H3/t12-/m1/s1. The molecule has 0 aliphatic carbocycles. The van der Waals surface area contributed by atoms with Gasteiger partial charge in [0.1, 0.15) is 0 Å². The molecule has 1 aliphatic heterocycles. The number of nitrogens with zero attached hydrogens (tertiary/aromatic N) is 3. The minimum Gasteiger partial charge on any atom is -0.464 e. The zero-order valence-corrected chi connectivity index (χ0v) is 14.5. The molecule has 0 bridgehead atoms. The predicted octanol–water partition coefficient (Wildman–Crippen LogP) is 2.87. The Hall–Kier alpha value is -2.28. The molecule has 0 saturated carbocycles. The molecule has 3 heterocycles. The van der Waals surface area contributed by atoms with Crippen molar-refractivity contribution in [2.24, 2.45) is 0 Å². The second-order valence-corrected chi connectivity index (χ2v) is 6.73. The van der Waals surface area contributed by atoms with Crippen molar-refractivity contribution in [2.45, 2.75) is 32.2 Å². The van der Waals surface area contributed by atoms with Gasteiger partial charge < -0.3 is 9.64 Å². The molecule has 0 unspecified atom stereocenters. The summed E-state index contributed by atoms with van der Waals surface area (Å²) in [6.45, 7) is 2.60. The molecule has 24 heavy (non-hydrogen) atoms. The number of rotatable bonds is 5. The van der Waals surface area contributed by atoms with Crippen LogP contribution in [0.4, 0.5) is 5.95 Å². The smallest absolute Gasteiger partial charge is 0.356 e. The van der Waals surface area contributed by atoms with Crippen molar-refractivity contribution >= 4 is 29.0 Å². The monoisotopic (exact) mass is 345 g/mol.